The first-order valence-corrected chi connectivity index (χ1v) is 11.9. The molecule has 1 aliphatic carbocycles. The molecule has 3 aromatic rings. The summed E-state index contributed by atoms with van der Waals surface area (Å²) in [5.74, 6) is -0.0213. The molecule has 0 N–H and O–H groups in total. The van der Waals surface area contributed by atoms with Crippen molar-refractivity contribution >= 4 is 29.3 Å². The van der Waals surface area contributed by atoms with Crippen LogP contribution in [0.15, 0.2) is 77.7 Å². The van der Waals surface area contributed by atoms with Crippen molar-refractivity contribution in [3.63, 3.8) is 0 Å². The van der Waals surface area contributed by atoms with E-state index in [2.05, 4.69) is 24.3 Å². The molecule has 0 spiro atoms. The van der Waals surface area contributed by atoms with Crippen molar-refractivity contribution < 1.29 is 19.1 Å². The highest BCUT2D eigenvalue weighted by atomic mass is 32.2. The standard InChI is InChI=1S/C27H23NO4S/c29-16-18-8-1-6-14-25(18)33-26(30)24-13-7-15-28(24)27(31)32-17-23-21-11-4-2-9-19(21)20-10-3-5-12-22(20)23/h1-6,8-12,14,16,23-24H,7,13,15,17H2/t24-/m1/s1. The number of aldehydes is 1. The molecule has 1 aliphatic heterocycles. The first-order chi connectivity index (χ1) is 16.2. The molecule has 166 valence electrons. The minimum Gasteiger partial charge on any atom is -0.448 e. The molecule has 0 unspecified atom stereocenters. The van der Waals surface area contributed by atoms with Crippen molar-refractivity contribution in [2.45, 2.75) is 29.7 Å². The van der Waals surface area contributed by atoms with Crippen LogP contribution in [0.25, 0.3) is 11.1 Å². The number of amides is 1. The Morgan fingerprint density at radius 3 is 2.27 bits per heavy atom. The van der Waals surface area contributed by atoms with Crippen LogP contribution in [0, 0.1) is 0 Å². The number of hydrogen-bond acceptors (Lipinski definition) is 5. The zero-order chi connectivity index (χ0) is 22.8. The number of benzene rings is 3. The molecule has 0 bridgehead atoms. The molecule has 0 aromatic heterocycles. The van der Waals surface area contributed by atoms with Crippen LogP contribution in [0.5, 0.6) is 0 Å². The molecule has 33 heavy (non-hydrogen) atoms. The number of fused-ring (bicyclic) bond motifs is 3. The van der Waals surface area contributed by atoms with Gasteiger partial charge in [-0.15, -0.1) is 0 Å². The van der Waals surface area contributed by atoms with Gasteiger partial charge in [-0.25, -0.2) is 4.79 Å². The van der Waals surface area contributed by atoms with Crippen LogP contribution in [0.2, 0.25) is 0 Å². The van der Waals surface area contributed by atoms with E-state index >= 15 is 0 Å². The van der Waals surface area contributed by atoms with E-state index in [1.165, 1.54) is 16.0 Å². The lowest BCUT2D eigenvalue weighted by Crippen LogP contribution is -2.40. The maximum atomic E-state index is 13.0. The highest BCUT2D eigenvalue weighted by Gasteiger charge is 2.37. The van der Waals surface area contributed by atoms with Gasteiger partial charge in [-0.2, -0.15) is 0 Å². The largest absolute Gasteiger partial charge is 0.448 e. The normalized spacial score (nSPS) is 16.8. The van der Waals surface area contributed by atoms with Crippen LogP contribution in [0.3, 0.4) is 0 Å². The average molecular weight is 458 g/mol. The second kappa shape index (κ2) is 9.24. The van der Waals surface area contributed by atoms with Gasteiger partial charge >= 0.3 is 6.09 Å². The molecular weight excluding hydrogens is 434 g/mol. The van der Waals surface area contributed by atoms with Gasteiger partial charge in [0.05, 0.1) is 0 Å². The lowest BCUT2D eigenvalue weighted by Gasteiger charge is -2.24. The van der Waals surface area contributed by atoms with E-state index in [4.69, 9.17) is 4.74 Å². The van der Waals surface area contributed by atoms with Crippen molar-refractivity contribution in [1.29, 1.82) is 0 Å². The highest BCUT2D eigenvalue weighted by molar-refractivity contribution is 8.13. The van der Waals surface area contributed by atoms with Crippen molar-refractivity contribution in [3.05, 3.63) is 89.5 Å². The number of thioether (sulfide) groups is 1. The topological polar surface area (TPSA) is 63.7 Å². The summed E-state index contributed by atoms with van der Waals surface area (Å²) in [6.45, 7) is 0.717. The van der Waals surface area contributed by atoms with E-state index in [9.17, 15) is 14.4 Å². The highest BCUT2D eigenvalue weighted by Crippen LogP contribution is 2.44. The molecule has 2 aliphatic rings. The molecule has 1 heterocycles. The summed E-state index contributed by atoms with van der Waals surface area (Å²) in [6.07, 6.45) is 1.63. The van der Waals surface area contributed by atoms with Gasteiger partial charge in [0.1, 0.15) is 12.6 Å². The van der Waals surface area contributed by atoms with Gasteiger partial charge in [-0.1, -0.05) is 66.7 Å². The summed E-state index contributed by atoms with van der Waals surface area (Å²) in [5, 5.41) is -0.143. The Bertz CT molecular complexity index is 1180. The Morgan fingerprint density at radius 2 is 1.58 bits per heavy atom. The van der Waals surface area contributed by atoms with Crippen LogP contribution >= 0.6 is 11.8 Å². The van der Waals surface area contributed by atoms with E-state index in [0.29, 0.717) is 23.4 Å². The molecular formula is C27H23NO4S. The third-order valence-corrected chi connectivity index (χ3v) is 7.42. The summed E-state index contributed by atoms with van der Waals surface area (Å²) >= 11 is 1.02. The van der Waals surface area contributed by atoms with Gasteiger partial charge in [0.25, 0.3) is 0 Å². The molecule has 1 fully saturated rings. The lowest BCUT2D eigenvalue weighted by atomic mass is 9.98. The predicted molar refractivity (Wildman–Crippen MR) is 127 cm³/mol. The molecule has 5 nitrogen and oxygen atoms in total. The van der Waals surface area contributed by atoms with E-state index < -0.39 is 12.1 Å². The number of rotatable bonds is 5. The number of nitrogens with zero attached hydrogens (tertiary/aromatic N) is 1. The van der Waals surface area contributed by atoms with Crippen LogP contribution in [0.1, 0.15) is 40.2 Å². The molecule has 5 rings (SSSR count). The average Bonchev–Trinajstić information content (AvgIpc) is 3.47. The minimum absolute atomic E-state index is 0.0213. The van der Waals surface area contributed by atoms with Gasteiger partial charge in [0.15, 0.2) is 6.29 Å². The van der Waals surface area contributed by atoms with Crippen LogP contribution in [-0.4, -0.2) is 41.6 Å². The molecule has 0 radical (unpaired) electrons. The molecule has 3 aromatic carbocycles. The van der Waals surface area contributed by atoms with E-state index in [1.807, 2.05) is 24.3 Å². The first-order valence-electron chi connectivity index (χ1n) is 11.0. The minimum atomic E-state index is -0.551. The smallest absolute Gasteiger partial charge is 0.410 e. The molecule has 1 saturated heterocycles. The number of carbonyl (C=O) groups is 3. The van der Waals surface area contributed by atoms with Crippen LogP contribution < -0.4 is 0 Å². The van der Waals surface area contributed by atoms with Crippen molar-refractivity contribution in [2.75, 3.05) is 13.2 Å². The molecule has 6 heteroatoms. The van der Waals surface area contributed by atoms with Gasteiger partial charge < -0.3 is 4.74 Å². The molecule has 1 atom stereocenters. The van der Waals surface area contributed by atoms with Gasteiger partial charge in [0.2, 0.25) is 5.12 Å². The van der Waals surface area contributed by atoms with Gasteiger partial charge in [-0.05, 0) is 52.9 Å². The van der Waals surface area contributed by atoms with E-state index in [0.717, 1.165) is 35.6 Å². The van der Waals surface area contributed by atoms with Crippen molar-refractivity contribution in [1.82, 2.24) is 4.90 Å². The fraction of sp³-hybridized carbons (Fsp3) is 0.222. The fourth-order valence-electron chi connectivity index (χ4n) is 4.75. The second-order valence-corrected chi connectivity index (χ2v) is 9.28. The number of ether oxygens (including phenoxy) is 1. The molecule has 1 amide bonds. The summed E-state index contributed by atoms with van der Waals surface area (Å²) in [4.78, 5) is 39.4. The maximum Gasteiger partial charge on any atom is 0.410 e. The van der Waals surface area contributed by atoms with Gasteiger partial charge in [0, 0.05) is 22.9 Å². The zero-order valence-electron chi connectivity index (χ0n) is 18.0. The van der Waals surface area contributed by atoms with E-state index in [-0.39, 0.29) is 17.6 Å². The zero-order valence-corrected chi connectivity index (χ0v) is 18.8. The van der Waals surface area contributed by atoms with Crippen molar-refractivity contribution in [2.24, 2.45) is 0 Å². The Hall–Kier alpha value is -3.38. The first kappa shape index (κ1) is 21.5. The predicted octanol–water partition coefficient (Wildman–Crippen LogP) is 5.53. The lowest BCUT2D eigenvalue weighted by molar-refractivity contribution is -0.114. The number of hydrogen-bond donors (Lipinski definition) is 0. The fourth-order valence-corrected chi connectivity index (χ4v) is 5.73. The summed E-state index contributed by atoms with van der Waals surface area (Å²) < 4.78 is 5.77. The maximum absolute atomic E-state index is 13.0. The quantitative estimate of drug-likeness (QED) is 0.372. The Labute approximate surface area is 196 Å². The van der Waals surface area contributed by atoms with Gasteiger partial charge in [-0.3, -0.25) is 14.5 Å². The Kier molecular flexibility index (Phi) is 6.01. The third-order valence-electron chi connectivity index (χ3n) is 6.35. The summed E-state index contributed by atoms with van der Waals surface area (Å²) in [6, 6.07) is 22.8. The number of likely N-dealkylation sites (tertiary alicyclic amines) is 1. The molecule has 0 saturated carbocycles. The summed E-state index contributed by atoms with van der Waals surface area (Å²) in [5.41, 5.74) is 5.13. The van der Waals surface area contributed by atoms with Crippen LogP contribution in [0.4, 0.5) is 4.79 Å². The van der Waals surface area contributed by atoms with Crippen molar-refractivity contribution in [3.8, 4) is 11.1 Å². The number of carbonyl (C=O) groups excluding carboxylic acids is 3. The van der Waals surface area contributed by atoms with E-state index in [1.54, 1.807) is 24.3 Å². The second-order valence-electron chi connectivity index (χ2n) is 8.23. The Morgan fingerprint density at radius 1 is 0.939 bits per heavy atom. The monoisotopic (exact) mass is 457 g/mol. The third kappa shape index (κ3) is 4.07. The SMILES string of the molecule is O=Cc1ccccc1SC(=O)[C@H]1CCCN1C(=O)OCC1c2ccccc2-c2ccccc21. The van der Waals surface area contributed by atoms with Crippen LogP contribution in [-0.2, 0) is 9.53 Å². The Balaban J connectivity index is 1.28. The summed E-state index contributed by atoms with van der Waals surface area (Å²) in [7, 11) is 0.